The van der Waals surface area contributed by atoms with Gasteiger partial charge in [0.25, 0.3) is 0 Å². The molecule has 2 heteroatoms. The van der Waals surface area contributed by atoms with Gasteiger partial charge in [0.05, 0.1) is 0 Å². The van der Waals surface area contributed by atoms with Crippen LogP contribution in [-0.2, 0) is 7.05 Å². The maximum atomic E-state index is 3.49. The molecule has 1 fully saturated rings. The molecule has 0 radical (unpaired) electrons. The second-order valence-corrected chi connectivity index (χ2v) is 6.19. The molecule has 1 saturated heterocycles. The van der Waals surface area contributed by atoms with E-state index in [9.17, 15) is 0 Å². The van der Waals surface area contributed by atoms with E-state index in [4.69, 9.17) is 0 Å². The Kier molecular flexibility index (Phi) is 3.14. The molecular weight excluding hydrogens is 232 g/mol. The quantitative estimate of drug-likeness (QED) is 0.867. The molecule has 3 rings (SSSR count). The summed E-state index contributed by atoms with van der Waals surface area (Å²) in [5, 5.41) is 4.93. The summed E-state index contributed by atoms with van der Waals surface area (Å²) in [7, 11) is 2.22. The monoisotopic (exact) mass is 256 g/mol. The van der Waals surface area contributed by atoms with Gasteiger partial charge in [0.2, 0.25) is 0 Å². The van der Waals surface area contributed by atoms with Crippen molar-refractivity contribution >= 4 is 10.9 Å². The van der Waals surface area contributed by atoms with Crippen LogP contribution in [0.1, 0.15) is 48.9 Å². The van der Waals surface area contributed by atoms with Crippen molar-refractivity contribution in [2.45, 2.75) is 39.0 Å². The van der Waals surface area contributed by atoms with Crippen molar-refractivity contribution in [3.8, 4) is 0 Å². The van der Waals surface area contributed by atoms with Crippen LogP contribution in [0.2, 0.25) is 0 Å². The fourth-order valence-corrected chi connectivity index (χ4v) is 3.49. The van der Waals surface area contributed by atoms with E-state index in [2.05, 4.69) is 55.9 Å². The van der Waals surface area contributed by atoms with Gasteiger partial charge in [-0.2, -0.15) is 0 Å². The van der Waals surface area contributed by atoms with Crippen LogP contribution in [0.4, 0.5) is 0 Å². The summed E-state index contributed by atoms with van der Waals surface area (Å²) in [6, 6.07) is 6.97. The molecule has 0 aliphatic carbocycles. The summed E-state index contributed by atoms with van der Waals surface area (Å²) in [6.07, 6.45) is 1.27. The Labute approximate surface area is 115 Å². The van der Waals surface area contributed by atoms with Gasteiger partial charge in [-0.15, -0.1) is 0 Å². The number of fused-ring (bicyclic) bond motifs is 1. The van der Waals surface area contributed by atoms with Crippen LogP contribution in [0.25, 0.3) is 10.9 Å². The molecule has 0 amide bonds. The van der Waals surface area contributed by atoms with E-state index < -0.39 is 0 Å². The number of rotatable bonds is 2. The highest BCUT2D eigenvalue weighted by molar-refractivity contribution is 5.86. The average Bonchev–Trinajstić information content (AvgIpc) is 2.98. The summed E-state index contributed by atoms with van der Waals surface area (Å²) in [4.78, 5) is 0. The first-order valence-electron chi connectivity index (χ1n) is 7.39. The predicted molar refractivity (Wildman–Crippen MR) is 82.0 cm³/mol. The van der Waals surface area contributed by atoms with E-state index in [1.807, 2.05) is 0 Å². The topological polar surface area (TPSA) is 17.0 Å². The Hall–Kier alpha value is -1.28. The van der Waals surface area contributed by atoms with E-state index in [0.29, 0.717) is 11.8 Å². The number of aryl methyl sites for hydroxylation is 2. The number of benzene rings is 1. The summed E-state index contributed by atoms with van der Waals surface area (Å²) >= 11 is 0. The molecule has 19 heavy (non-hydrogen) atoms. The largest absolute Gasteiger partial charge is 0.347 e. The maximum absolute atomic E-state index is 3.49. The lowest BCUT2D eigenvalue weighted by Crippen LogP contribution is -2.11. The third-order valence-corrected chi connectivity index (χ3v) is 4.65. The first-order chi connectivity index (χ1) is 9.09. The van der Waals surface area contributed by atoms with Crippen LogP contribution in [0.3, 0.4) is 0 Å². The molecule has 2 aromatic rings. The van der Waals surface area contributed by atoms with Crippen LogP contribution in [0.15, 0.2) is 18.2 Å². The lowest BCUT2D eigenvalue weighted by Gasteiger charge is -2.12. The highest BCUT2D eigenvalue weighted by Gasteiger charge is 2.23. The Morgan fingerprint density at radius 3 is 2.74 bits per heavy atom. The fourth-order valence-electron chi connectivity index (χ4n) is 3.49. The number of nitrogens with zero attached hydrogens (tertiary/aromatic N) is 1. The van der Waals surface area contributed by atoms with Crippen molar-refractivity contribution in [3.63, 3.8) is 0 Å². The predicted octanol–water partition coefficient (Wildman–Crippen LogP) is 3.69. The van der Waals surface area contributed by atoms with Gasteiger partial charge in [-0.05, 0) is 49.1 Å². The first-order valence-corrected chi connectivity index (χ1v) is 7.39. The molecule has 0 bridgehead atoms. The highest BCUT2D eigenvalue weighted by atomic mass is 15.0. The number of hydrogen-bond acceptors (Lipinski definition) is 1. The zero-order valence-corrected chi connectivity index (χ0v) is 12.5. The zero-order chi connectivity index (χ0) is 13.6. The Morgan fingerprint density at radius 1 is 1.32 bits per heavy atom. The van der Waals surface area contributed by atoms with Crippen molar-refractivity contribution in [1.82, 2.24) is 9.88 Å². The van der Waals surface area contributed by atoms with Gasteiger partial charge in [-0.25, -0.2) is 0 Å². The molecule has 0 saturated carbocycles. The molecule has 1 atom stereocenters. The second-order valence-electron chi connectivity index (χ2n) is 6.19. The van der Waals surface area contributed by atoms with Gasteiger partial charge in [0, 0.05) is 36.1 Å². The van der Waals surface area contributed by atoms with Crippen molar-refractivity contribution in [3.05, 3.63) is 35.0 Å². The average molecular weight is 256 g/mol. The minimum absolute atomic E-state index is 0.598. The third-order valence-electron chi connectivity index (χ3n) is 4.65. The molecule has 2 heterocycles. The van der Waals surface area contributed by atoms with Gasteiger partial charge < -0.3 is 9.88 Å². The summed E-state index contributed by atoms with van der Waals surface area (Å²) in [5.74, 6) is 1.28. The van der Waals surface area contributed by atoms with Crippen molar-refractivity contribution in [2.24, 2.45) is 7.05 Å². The molecule has 1 N–H and O–H groups in total. The minimum Gasteiger partial charge on any atom is -0.347 e. The van der Waals surface area contributed by atoms with Crippen LogP contribution in [-0.4, -0.2) is 17.7 Å². The molecule has 1 aromatic heterocycles. The van der Waals surface area contributed by atoms with E-state index in [0.717, 1.165) is 13.1 Å². The lowest BCUT2D eigenvalue weighted by molar-refractivity contribution is 0.688. The zero-order valence-electron chi connectivity index (χ0n) is 12.5. The molecule has 1 aliphatic heterocycles. The number of nitrogens with one attached hydrogen (secondary N) is 1. The normalized spacial score (nSPS) is 19.7. The van der Waals surface area contributed by atoms with Crippen molar-refractivity contribution in [1.29, 1.82) is 0 Å². The Bertz CT molecular complexity index is 601. The molecule has 1 aliphatic rings. The van der Waals surface area contributed by atoms with Crippen LogP contribution in [0, 0.1) is 6.92 Å². The maximum Gasteiger partial charge on any atom is 0.0482 e. The smallest absolute Gasteiger partial charge is 0.0482 e. The van der Waals surface area contributed by atoms with Crippen molar-refractivity contribution in [2.75, 3.05) is 13.1 Å². The van der Waals surface area contributed by atoms with Crippen LogP contribution < -0.4 is 5.32 Å². The summed E-state index contributed by atoms with van der Waals surface area (Å²) < 4.78 is 2.41. The standard InChI is InChI=1S/C17H24N2/c1-11(2)13-5-6-16-15(9-13)12(3)17(19(16)4)14-7-8-18-10-14/h5-6,9,11,14,18H,7-8,10H2,1-4H3. The molecule has 1 unspecified atom stereocenters. The first kappa shape index (κ1) is 12.7. The molecule has 102 valence electrons. The Morgan fingerprint density at radius 2 is 2.11 bits per heavy atom. The molecule has 2 nitrogen and oxygen atoms in total. The summed E-state index contributed by atoms with van der Waals surface area (Å²) in [6.45, 7) is 9.10. The van der Waals surface area contributed by atoms with E-state index in [-0.39, 0.29) is 0 Å². The Balaban J connectivity index is 2.18. The minimum atomic E-state index is 0.598. The van der Waals surface area contributed by atoms with Crippen LogP contribution >= 0.6 is 0 Å². The second kappa shape index (κ2) is 4.68. The molecule has 0 spiro atoms. The van der Waals surface area contributed by atoms with Gasteiger partial charge >= 0.3 is 0 Å². The van der Waals surface area contributed by atoms with Gasteiger partial charge in [-0.3, -0.25) is 0 Å². The molecule has 1 aromatic carbocycles. The third kappa shape index (κ3) is 1.99. The highest BCUT2D eigenvalue weighted by Crippen LogP contribution is 2.34. The van der Waals surface area contributed by atoms with Gasteiger partial charge in [0.15, 0.2) is 0 Å². The SMILES string of the molecule is Cc1c(C2CCNC2)n(C)c2ccc(C(C)C)cc12. The fraction of sp³-hybridized carbons (Fsp3) is 0.529. The van der Waals surface area contributed by atoms with Gasteiger partial charge in [0.1, 0.15) is 0 Å². The lowest BCUT2D eigenvalue weighted by atomic mass is 9.97. The number of hydrogen-bond donors (Lipinski definition) is 1. The van der Waals surface area contributed by atoms with E-state index in [1.165, 1.54) is 34.1 Å². The molecular formula is C17H24N2. The number of aromatic nitrogens is 1. The van der Waals surface area contributed by atoms with E-state index >= 15 is 0 Å². The van der Waals surface area contributed by atoms with E-state index in [1.54, 1.807) is 0 Å². The summed E-state index contributed by atoms with van der Waals surface area (Å²) in [5.41, 5.74) is 5.83. The van der Waals surface area contributed by atoms with Gasteiger partial charge in [-0.1, -0.05) is 19.9 Å². The van der Waals surface area contributed by atoms with Crippen molar-refractivity contribution < 1.29 is 0 Å². The van der Waals surface area contributed by atoms with Crippen LogP contribution in [0.5, 0.6) is 0 Å².